The van der Waals surface area contributed by atoms with Gasteiger partial charge in [0.25, 0.3) is 5.91 Å². The molecule has 6 nitrogen and oxygen atoms in total. The summed E-state index contributed by atoms with van der Waals surface area (Å²) in [6, 6.07) is 8.48. The molecule has 0 spiro atoms. The van der Waals surface area contributed by atoms with E-state index in [4.69, 9.17) is 14.0 Å². The number of ether oxygens (including phenoxy) is 1. The van der Waals surface area contributed by atoms with Gasteiger partial charge in [0.05, 0.1) is 0 Å². The van der Waals surface area contributed by atoms with Crippen LogP contribution in [0, 0.1) is 0 Å². The van der Waals surface area contributed by atoms with Gasteiger partial charge >= 0.3 is 5.63 Å². The van der Waals surface area contributed by atoms with Crippen LogP contribution < -0.4 is 11.1 Å². The van der Waals surface area contributed by atoms with E-state index in [1.54, 1.807) is 24.3 Å². The third-order valence-electron chi connectivity index (χ3n) is 3.31. The predicted octanol–water partition coefficient (Wildman–Crippen LogP) is 1.98. The van der Waals surface area contributed by atoms with Crippen LogP contribution in [0.3, 0.4) is 0 Å². The summed E-state index contributed by atoms with van der Waals surface area (Å²) in [5.41, 5.74) is 1.90. The van der Waals surface area contributed by atoms with Crippen molar-refractivity contribution in [2.45, 2.75) is 25.6 Å². The van der Waals surface area contributed by atoms with E-state index in [9.17, 15) is 9.59 Å². The van der Waals surface area contributed by atoms with Crippen molar-refractivity contribution in [3.8, 4) is 0 Å². The first-order valence-corrected chi connectivity index (χ1v) is 6.84. The van der Waals surface area contributed by atoms with Crippen LogP contribution in [0.5, 0.6) is 0 Å². The fourth-order valence-electron chi connectivity index (χ4n) is 2.20. The van der Waals surface area contributed by atoms with Gasteiger partial charge in [0, 0.05) is 18.4 Å². The number of carbonyl (C=O) groups is 1. The third kappa shape index (κ3) is 3.12. The molecule has 1 aromatic heterocycles. The molecule has 1 N–H and O–H groups in total. The number of fused-ring (bicyclic) bond motifs is 1. The lowest BCUT2D eigenvalue weighted by molar-refractivity contribution is -0.186. The van der Waals surface area contributed by atoms with Crippen molar-refractivity contribution in [3.63, 3.8) is 0 Å². The Bertz CT molecular complexity index is 703. The Hall–Kier alpha value is -2.18. The Morgan fingerprint density at radius 3 is 2.95 bits per heavy atom. The van der Waals surface area contributed by atoms with Crippen LogP contribution in [-0.2, 0) is 9.57 Å². The maximum absolute atomic E-state index is 12.0. The molecule has 1 aromatic carbocycles. The number of benzene rings is 1. The summed E-state index contributed by atoms with van der Waals surface area (Å²) >= 11 is 0. The molecule has 2 heterocycles. The summed E-state index contributed by atoms with van der Waals surface area (Å²) in [5, 5.41) is 0.677. The summed E-state index contributed by atoms with van der Waals surface area (Å²) in [6.45, 7) is 0.610. The topological polar surface area (TPSA) is 77.8 Å². The Morgan fingerprint density at radius 2 is 2.14 bits per heavy atom. The summed E-state index contributed by atoms with van der Waals surface area (Å²) in [5.74, 6) is -0.635. The van der Waals surface area contributed by atoms with Crippen LogP contribution in [0.2, 0.25) is 0 Å². The van der Waals surface area contributed by atoms with Crippen LogP contribution in [0.1, 0.15) is 29.6 Å². The molecular formula is C15H15NO5. The lowest BCUT2D eigenvalue weighted by Gasteiger charge is -2.21. The molecule has 0 radical (unpaired) electrons. The molecule has 0 unspecified atom stereocenters. The summed E-state index contributed by atoms with van der Waals surface area (Å²) < 4.78 is 10.4. The largest absolute Gasteiger partial charge is 0.422 e. The van der Waals surface area contributed by atoms with Crippen molar-refractivity contribution >= 4 is 16.9 Å². The minimum Gasteiger partial charge on any atom is -0.422 e. The molecule has 1 atom stereocenters. The summed E-state index contributed by atoms with van der Waals surface area (Å²) in [4.78, 5) is 29.0. The van der Waals surface area contributed by atoms with E-state index < -0.39 is 17.8 Å². The van der Waals surface area contributed by atoms with Crippen molar-refractivity contribution in [1.29, 1.82) is 0 Å². The second-order valence-corrected chi connectivity index (χ2v) is 4.83. The van der Waals surface area contributed by atoms with Gasteiger partial charge in [-0.1, -0.05) is 18.2 Å². The number of para-hydroxylation sites is 1. The van der Waals surface area contributed by atoms with Gasteiger partial charge in [0.1, 0.15) is 11.1 Å². The van der Waals surface area contributed by atoms with Crippen molar-refractivity contribution in [1.82, 2.24) is 5.48 Å². The van der Waals surface area contributed by atoms with Gasteiger partial charge in [0.15, 0.2) is 6.29 Å². The van der Waals surface area contributed by atoms with Gasteiger partial charge in [-0.2, -0.15) is 0 Å². The zero-order valence-corrected chi connectivity index (χ0v) is 11.3. The SMILES string of the molecule is O=C(NO[C@H]1CCCCO1)c1cc2ccccc2oc1=O. The number of nitrogens with one attached hydrogen (secondary N) is 1. The lowest BCUT2D eigenvalue weighted by atomic mass is 10.2. The van der Waals surface area contributed by atoms with E-state index in [-0.39, 0.29) is 5.56 Å². The first-order valence-electron chi connectivity index (χ1n) is 6.84. The zero-order chi connectivity index (χ0) is 14.7. The Kier molecular flexibility index (Phi) is 3.98. The van der Waals surface area contributed by atoms with Crippen LogP contribution >= 0.6 is 0 Å². The summed E-state index contributed by atoms with van der Waals surface area (Å²) in [7, 11) is 0. The molecule has 1 amide bonds. The van der Waals surface area contributed by atoms with Crippen molar-refractivity contribution in [3.05, 3.63) is 46.3 Å². The van der Waals surface area contributed by atoms with Crippen molar-refractivity contribution < 1.29 is 18.8 Å². The Balaban J connectivity index is 1.74. The first kappa shape index (κ1) is 13.8. The van der Waals surface area contributed by atoms with Gasteiger partial charge in [-0.05, 0) is 25.0 Å². The molecule has 0 saturated carbocycles. The van der Waals surface area contributed by atoms with E-state index in [0.717, 1.165) is 12.8 Å². The summed E-state index contributed by atoms with van der Waals surface area (Å²) in [6.07, 6.45) is 2.23. The average molecular weight is 289 g/mol. The molecule has 2 aromatic rings. The van der Waals surface area contributed by atoms with E-state index in [0.29, 0.717) is 24.0 Å². The fraction of sp³-hybridized carbons (Fsp3) is 0.333. The fourth-order valence-corrected chi connectivity index (χ4v) is 2.20. The maximum atomic E-state index is 12.0. The second-order valence-electron chi connectivity index (χ2n) is 4.83. The Labute approximate surface area is 120 Å². The monoisotopic (exact) mass is 289 g/mol. The number of hydrogen-bond donors (Lipinski definition) is 1. The molecular weight excluding hydrogens is 274 g/mol. The molecule has 1 saturated heterocycles. The Morgan fingerprint density at radius 1 is 1.29 bits per heavy atom. The normalized spacial score (nSPS) is 18.6. The van der Waals surface area contributed by atoms with E-state index in [1.165, 1.54) is 6.07 Å². The zero-order valence-electron chi connectivity index (χ0n) is 11.3. The van der Waals surface area contributed by atoms with Gasteiger partial charge < -0.3 is 9.15 Å². The molecule has 110 valence electrons. The molecule has 21 heavy (non-hydrogen) atoms. The predicted molar refractivity (Wildman–Crippen MR) is 74.6 cm³/mol. The van der Waals surface area contributed by atoms with E-state index >= 15 is 0 Å². The molecule has 0 bridgehead atoms. The number of rotatable bonds is 3. The number of carbonyl (C=O) groups excluding carboxylic acids is 1. The highest BCUT2D eigenvalue weighted by Crippen LogP contribution is 2.14. The second kappa shape index (κ2) is 6.07. The molecule has 1 aliphatic heterocycles. The van der Waals surface area contributed by atoms with Crippen molar-refractivity contribution in [2.75, 3.05) is 6.61 Å². The molecule has 0 aliphatic carbocycles. The highest BCUT2D eigenvalue weighted by Gasteiger charge is 2.18. The third-order valence-corrected chi connectivity index (χ3v) is 3.31. The van der Waals surface area contributed by atoms with Gasteiger partial charge in [-0.3, -0.25) is 4.79 Å². The molecule has 3 rings (SSSR count). The standard InChI is InChI=1S/C15H15NO5/c17-14(16-21-13-7-3-4-8-19-13)11-9-10-5-1-2-6-12(10)20-15(11)18/h1-2,5-6,9,13H,3-4,7-8H2,(H,16,17)/t13-/m0/s1. The number of hydrogen-bond acceptors (Lipinski definition) is 5. The molecule has 6 heteroatoms. The minimum atomic E-state index is -0.695. The average Bonchev–Trinajstić information content (AvgIpc) is 2.53. The van der Waals surface area contributed by atoms with Crippen LogP contribution in [0.4, 0.5) is 0 Å². The number of hydroxylamine groups is 1. The highest BCUT2D eigenvalue weighted by molar-refractivity contribution is 5.95. The maximum Gasteiger partial charge on any atom is 0.349 e. The first-order chi connectivity index (χ1) is 10.2. The molecule has 1 fully saturated rings. The van der Waals surface area contributed by atoms with Gasteiger partial charge in [-0.15, -0.1) is 0 Å². The lowest BCUT2D eigenvalue weighted by Crippen LogP contribution is -2.35. The van der Waals surface area contributed by atoms with Crippen molar-refractivity contribution in [2.24, 2.45) is 0 Å². The molecule has 1 aliphatic rings. The smallest absolute Gasteiger partial charge is 0.349 e. The van der Waals surface area contributed by atoms with Crippen LogP contribution in [-0.4, -0.2) is 18.8 Å². The minimum absolute atomic E-state index is 0.0930. The van der Waals surface area contributed by atoms with Crippen LogP contribution in [0.25, 0.3) is 11.0 Å². The van der Waals surface area contributed by atoms with E-state index in [2.05, 4.69) is 5.48 Å². The van der Waals surface area contributed by atoms with Gasteiger partial charge in [0.2, 0.25) is 0 Å². The van der Waals surface area contributed by atoms with E-state index in [1.807, 2.05) is 0 Å². The van der Waals surface area contributed by atoms with Gasteiger partial charge in [-0.25, -0.2) is 15.1 Å². The highest BCUT2D eigenvalue weighted by atomic mass is 16.8. The number of amides is 1. The quantitative estimate of drug-likeness (QED) is 0.690. The van der Waals surface area contributed by atoms with Crippen LogP contribution in [0.15, 0.2) is 39.5 Å².